The highest BCUT2D eigenvalue weighted by atomic mass is 19.1. The van der Waals surface area contributed by atoms with Crippen LogP contribution in [0.1, 0.15) is 16.1 Å². The van der Waals surface area contributed by atoms with Crippen LogP contribution in [-0.4, -0.2) is 23.0 Å². The minimum atomic E-state index is -0.396. The van der Waals surface area contributed by atoms with Crippen molar-refractivity contribution in [3.63, 3.8) is 0 Å². The number of methoxy groups -OCH3 is 1. The summed E-state index contributed by atoms with van der Waals surface area (Å²) in [5.74, 6) is -0.252. The van der Waals surface area contributed by atoms with Gasteiger partial charge in [0.1, 0.15) is 17.3 Å². The van der Waals surface area contributed by atoms with E-state index in [2.05, 4.69) is 15.3 Å². The number of aromatic nitrogens is 2. The zero-order valence-electron chi connectivity index (χ0n) is 10.8. The third-order valence-corrected chi connectivity index (χ3v) is 2.55. The molecule has 1 aromatic heterocycles. The maximum Gasteiger partial charge on any atom is 0.251 e. The molecule has 7 heteroatoms. The van der Waals surface area contributed by atoms with E-state index in [1.165, 1.54) is 37.6 Å². The van der Waals surface area contributed by atoms with Gasteiger partial charge in [-0.25, -0.2) is 9.37 Å². The lowest BCUT2D eigenvalue weighted by molar-refractivity contribution is 0.0950. The van der Waals surface area contributed by atoms with Crippen LogP contribution in [0.3, 0.4) is 0 Å². The molecule has 104 valence electrons. The number of nitrogen functional groups attached to an aromatic ring is 1. The quantitative estimate of drug-likeness (QED) is 0.873. The Labute approximate surface area is 114 Å². The summed E-state index contributed by atoms with van der Waals surface area (Å²) in [6.45, 7) is 0.132. The molecule has 0 bridgehead atoms. The maximum atomic E-state index is 12.8. The molecule has 2 rings (SSSR count). The van der Waals surface area contributed by atoms with Crippen LogP contribution >= 0.6 is 0 Å². The summed E-state index contributed by atoms with van der Waals surface area (Å²) in [5.41, 5.74) is 6.30. The smallest absolute Gasteiger partial charge is 0.251 e. The van der Waals surface area contributed by atoms with Gasteiger partial charge < -0.3 is 15.8 Å². The van der Waals surface area contributed by atoms with Crippen LogP contribution in [0.5, 0.6) is 5.88 Å². The van der Waals surface area contributed by atoms with Gasteiger partial charge in [0.25, 0.3) is 5.91 Å². The average molecular weight is 276 g/mol. The monoisotopic (exact) mass is 276 g/mol. The first-order valence-corrected chi connectivity index (χ1v) is 5.79. The van der Waals surface area contributed by atoms with E-state index >= 15 is 0 Å². The van der Waals surface area contributed by atoms with Gasteiger partial charge in [-0.1, -0.05) is 0 Å². The zero-order valence-corrected chi connectivity index (χ0v) is 10.8. The Morgan fingerprint density at radius 2 is 2.10 bits per heavy atom. The second-order valence-corrected chi connectivity index (χ2v) is 3.94. The third kappa shape index (κ3) is 3.19. The van der Waals surface area contributed by atoms with Crippen LogP contribution in [0.2, 0.25) is 0 Å². The predicted octanol–water partition coefficient (Wildman–Crippen LogP) is 1.14. The van der Waals surface area contributed by atoms with E-state index in [-0.39, 0.29) is 24.1 Å². The first-order chi connectivity index (χ1) is 9.60. The normalized spacial score (nSPS) is 10.1. The molecule has 0 spiro atoms. The van der Waals surface area contributed by atoms with Gasteiger partial charge in [-0.2, -0.15) is 4.98 Å². The highest BCUT2D eigenvalue weighted by Gasteiger charge is 2.10. The zero-order chi connectivity index (χ0) is 14.5. The third-order valence-electron chi connectivity index (χ3n) is 2.55. The standard InChI is InChI=1S/C13H13FN4O2/c1-20-13-10(16-7-11(15)18-13)6-17-12(19)8-2-4-9(14)5-3-8/h2-5,7H,6H2,1H3,(H2,15,18)(H,17,19). The number of benzene rings is 1. The van der Waals surface area contributed by atoms with E-state index < -0.39 is 5.82 Å². The number of carbonyl (C=O) groups is 1. The largest absolute Gasteiger partial charge is 0.480 e. The number of hydrogen-bond donors (Lipinski definition) is 2. The van der Waals surface area contributed by atoms with Crippen LogP contribution in [0, 0.1) is 5.82 Å². The first kappa shape index (κ1) is 13.7. The van der Waals surface area contributed by atoms with Gasteiger partial charge in [0.2, 0.25) is 5.88 Å². The Bertz CT molecular complexity index is 616. The summed E-state index contributed by atoms with van der Waals surface area (Å²) < 4.78 is 17.8. The van der Waals surface area contributed by atoms with Crippen LogP contribution in [0.4, 0.5) is 10.2 Å². The molecule has 0 aliphatic carbocycles. The summed E-state index contributed by atoms with van der Waals surface area (Å²) in [6, 6.07) is 5.24. The van der Waals surface area contributed by atoms with E-state index in [0.717, 1.165) is 0 Å². The molecule has 20 heavy (non-hydrogen) atoms. The topological polar surface area (TPSA) is 90.1 Å². The predicted molar refractivity (Wildman–Crippen MR) is 70.6 cm³/mol. The Kier molecular flexibility index (Phi) is 4.09. The number of rotatable bonds is 4. The van der Waals surface area contributed by atoms with Crippen molar-refractivity contribution in [2.24, 2.45) is 0 Å². The molecule has 1 aromatic carbocycles. The van der Waals surface area contributed by atoms with Gasteiger partial charge in [0.05, 0.1) is 19.9 Å². The van der Waals surface area contributed by atoms with E-state index in [4.69, 9.17) is 10.5 Å². The van der Waals surface area contributed by atoms with Gasteiger partial charge in [0.15, 0.2) is 0 Å². The number of nitrogens with two attached hydrogens (primary N) is 1. The van der Waals surface area contributed by atoms with Crippen LogP contribution in [-0.2, 0) is 6.54 Å². The van der Waals surface area contributed by atoms with E-state index in [9.17, 15) is 9.18 Å². The number of anilines is 1. The number of amides is 1. The van der Waals surface area contributed by atoms with Crippen LogP contribution in [0.15, 0.2) is 30.5 Å². The fourth-order valence-electron chi connectivity index (χ4n) is 1.56. The molecule has 1 amide bonds. The highest BCUT2D eigenvalue weighted by molar-refractivity contribution is 5.94. The SMILES string of the molecule is COc1nc(N)cnc1CNC(=O)c1ccc(F)cc1. The lowest BCUT2D eigenvalue weighted by Gasteiger charge is -2.08. The molecular formula is C13H13FN4O2. The highest BCUT2D eigenvalue weighted by Crippen LogP contribution is 2.13. The van der Waals surface area contributed by atoms with Crippen molar-refractivity contribution in [1.82, 2.24) is 15.3 Å². The first-order valence-electron chi connectivity index (χ1n) is 5.79. The van der Waals surface area contributed by atoms with Crippen molar-refractivity contribution in [1.29, 1.82) is 0 Å². The molecule has 6 nitrogen and oxygen atoms in total. The summed E-state index contributed by atoms with van der Waals surface area (Å²) in [4.78, 5) is 19.8. The van der Waals surface area contributed by atoms with Crippen molar-refractivity contribution in [2.45, 2.75) is 6.54 Å². The molecule has 0 saturated heterocycles. The number of nitrogens with one attached hydrogen (secondary N) is 1. The second kappa shape index (κ2) is 5.96. The van der Waals surface area contributed by atoms with Gasteiger partial charge in [0, 0.05) is 5.56 Å². The van der Waals surface area contributed by atoms with Gasteiger partial charge in [-0.3, -0.25) is 4.79 Å². The summed E-state index contributed by atoms with van der Waals surface area (Å²) >= 11 is 0. The number of carbonyl (C=O) groups excluding carboxylic acids is 1. The van der Waals surface area contributed by atoms with E-state index in [1.807, 2.05) is 0 Å². The van der Waals surface area contributed by atoms with Crippen molar-refractivity contribution in [3.8, 4) is 5.88 Å². The molecule has 0 saturated carbocycles. The van der Waals surface area contributed by atoms with Crippen molar-refractivity contribution in [3.05, 3.63) is 47.5 Å². The number of ether oxygens (including phenoxy) is 1. The van der Waals surface area contributed by atoms with E-state index in [0.29, 0.717) is 11.3 Å². The maximum absolute atomic E-state index is 12.8. The molecule has 2 aromatic rings. The minimum Gasteiger partial charge on any atom is -0.480 e. The Balaban J connectivity index is 2.05. The molecule has 0 unspecified atom stereocenters. The van der Waals surface area contributed by atoms with Gasteiger partial charge >= 0.3 is 0 Å². The Hall–Kier alpha value is -2.70. The van der Waals surface area contributed by atoms with Gasteiger partial charge in [-0.15, -0.1) is 0 Å². The Morgan fingerprint density at radius 3 is 2.75 bits per heavy atom. The fourth-order valence-corrected chi connectivity index (χ4v) is 1.56. The molecule has 0 aliphatic rings. The number of nitrogens with zero attached hydrogens (tertiary/aromatic N) is 2. The second-order valence-electron chi connectivity index (χ2n) is 3.94. The number of hydrogen-bond acceptors (Lipinski definition) is 5. The molecule has 1 heterocycles. The molecule has 0 radical (unpaired) electrons. The summed E-state index contributed by atoms with van der Waals surface area (Å²) in [5, 5.41) is 2.64. The van der Waals surface area contributed by atoms with Crippen molar-refractivity contribution >= 4 is 11.7 Å². The molecule has 0 atom stereocenters. The molecule has 0 fully saturated rings. The Morgan fingerprint density at radius 1 is 1.40 bits per heavy atom. The molecule has 3 N–H and O–H groups in total. The molecule has 0 aliphatic heterocycles. The van der Waals surface area contributed by atoms with Crippen LogP contribution in [0.25, 0.3) is 0 Å². The fraction of sp³-hybridized carbons (Fsp3) is 0.154. The lowest BCUT2D eigenvalue weighted by atomic mass is 10.2. The van der Waals surface area contributed by atoms with Crippen molar-refractivity contribution < 1.29 is 13.9 Å². The molecular weight excluding hydrogens is 263 g/mol. The van der Waals surface area contributed by atoms with E-state index in [1.54, 1.807) is 0 Å². The number of halogens is 1. The minimum absolute atomic E-state index is 0.132. The van der Waals surface area contributed by atoms with Crippen LogP contribution < -0.4 is 15.8 Å². The lowest BCUT2D eigenvalue weighted by Crippen LogP contribution is -2.23. The van der Waals surface area contributed by atoms with Crippen molar-refractivity contribution in [2.75, 3.05) is 12.8 Å². The average Bonchev–Trinajstić information content (AvgIpc) is 2.46. The summed E-state index contributed by atoms with van der Waals surface area (Å²) in [6.07, 6.45) is 1.38. The van der Waals surface area contributed by atoms with Gasteiger partial charge in [-0.05, 0) is 24.3 Å². The summed E-state index contributed by atoms with van der Waals surface area (Å²) in [7, 11) is 1.44.